The Labute approximate surface area is 208 Å². The van der Waals surface area contributed by atoms with Crippen molar-refractivity contribution in [2.45, 2.75) is 37.3 Å². The molecular formula is C24H23F2IN4O3. The van der Waals surface area contributed by atoms with E-state index in [0.29, 0.717) is 38.9 Å². The van der Waals surface area contributed by atoms with E-state index in [0.717, 1.165) is 12.5 Å². The lowest BCUT2D eigenvalue weighted by atomic mass is 10.0. The van der Waals surface area contributed by atoms with Gasteiger partial charge in [-0.2, -0.15) is 0 Å². The van der Waals surface area contributed by atoms with Crippen LogP contribution in [0.15, 0.2) is 42.6 Å². The van der Waals surface area contributed by atoms with Crippen LogP contribution in [0.4, 0.5) is 14.6 Å². The van der Waals surface area contributed by atoms with E-state index in [9.17, 15) is 23.8 Å². The van der Waals surface area contributed by atoms with Gasteiger partial charge in [0.2, 0.25) is 0 Å². The van der Waals surface area contributed by atoms with Crippen molar-refractivity contribution >= 4 is 34.3 Å². The molecule has 0 bridgehead atoms. The van der Waals surface area contributed by atoms with Crippen LogP contribution in [-0.2, 0) is 0 Å². The summed E-state index contributed by atoms with van der Waals surface area (Å²) in [4.78, 5) is 21.5. The molecule has 5 N–H and O–H groups in total. The molecule has 0 unspecified atom stereocenters. The number of hydrogen-bond donors (Lipinski definition) is 4. The first-order valence-corrected chi connectivity index (χ1v) is 11.8. The highest BCUT2D eigenvalue weighted by Crippen LogP contribution is 2.35. The highest BCUT2D eigenvalue weighted by atomic mass is 127. The standard InChI is InChI=1S/C24H23F2IN4O3/c25-15-5-14(6-16(27)9-15)21(11-32)31-24(34)18-4-2-13(8-19(18)26)22-23(28)29-10-20(30-22)12-1-3-17(33)7-12/h2,4-6,8-10,12,17,21,32-33H,1,3,7,11H2,(H2,28,29)(H,31,34)/t12-,17+,21-/m1/s1. The summed E-state index contributed by atoms with van der Waals surface area (Å²) in [5.74, 6) is -1.88. The maximum absolute atomic E-state index is 14.9. The molecule has 1 aliphatic carbocycles. The van der Waals surface area contributed by atoms with E-state index >= 15 is 0 Å². The number of aliphatic hydroxyl groups is 2. The lowest BCUT2D eigenvalue weighted by molar-refractivity contribution is 0.0912. The molecule has 0 saturated heterocycles. The first-order chi connectivity index (χ1) is 16.2. The average Bonchev–Trinajstić information content (AvgIpc) is 3.23. The third-order valence-corrected chi connectivity index (χ3v) is 6.53. The number of carbonyl (C=O) groups is 1. The van der Waals surface area contributed by atoms with Crippen LogP contribution in [0.1, 0.15) is 52.8 Å². The van der Waals surface area contributed by atoms with Gasteiger partial charge in [-0.25, -0.2) is 18.7 Å². The van der Waals surface area contributed by atoms with Crippen molar-refractivity contribution in [3.8, 4) is 11.3 Å². The van der Waals surface area contributed by atoms with E-state index in [2.05, 4.69) is 15.3 Å². The molecule has 1 aliphatic rings. The molecule has 7 nitrogen and oxygen atoms in total. The number of rotatable bonds is 6. The molecule has 10 heteroatoms. The fraction of sp³-hybridized carbons (Fsp3) is 0.292. The molecule has 0 radical (unpaired) electrons. The molecule has 1 heterocycles. The van der Waals surface area contributed by atoms with Crippen LogP contribution in [0.2, 0.25) is 0 Å². The number of halogens is 3. The number of aromatic nitrogens is 2. The Kier molecular flexibility index (Phi) is 7.39. The zero-order valence-electron chi connectivity index (χ0n) is 18.0. The smallest absolute Gasteiger partial charge is 0.254 e. The van der Waals surface area contributed by atoms with E-state index in [1.807, 2.05) is 22.6 Å². The number of hydrogen-bond acceptors (Lipinski definition) is 6. The van der Waals surface area contributed by atoms with Crippen LogP contribution in [0.25, 0.3) is 11.3 Å². The molecule has 0 spiro atoms. The van der Waals surface area contributed by atoms with Gasteiger partial charge in [0, 0.05) is 15.1 Å². The van der Waals surface area contributed by atoms with Crippen molar-refractivity contribution in [2.75, 3.05) is 12.3 Å². The third kappa shape index (κ3) is 5.34. The second kappa shape index (κ2) is 10.3. The molecule has 1 aromatic heterocycles. The number of amides is 1. The Morgan fingerprint density at radius 3 is 2.68 bits per heavy atom. The second-order valence-electron chi connectivity index (χ2n) is 8.30. The van der Waals surface area contributed by atoms with Crippen LogP contribution < -0.4 is 11.1 Å². The first kappa shape index (κ1) is 24.4. The van der Waals surface area contributed by atoms with Crippen LogP contribution in [0.5, 0.6) is 0 Å². The lowest BCUT2D eigenvalue weighted by Crippen LogP contribution is -2.31. The lowest BCUT2D eigenvalue weighted by Gasteiger charge is -2.18. The Bertz CT molecular complexity index is 1210. The second-order valence-corrected chi connectivity index (χ2v) is 9.54. The maximum atomic E-state index is 14.9. The Hall–Kier alpha value is -2.70. The molecule has 1 fully saturated rings. The van der Waals surface area contributed by atoms with Crippen molar-refractivity contribution in [1.29, 1.82) is 0 Å². The summed E-state index contributed by atoms with van der Waals surface area (Å²) >= 11 is 1.93. The molecule has 0 aliphatic heterocycles. The minimum atomic E-state index is -0.907. The van der Waals surface area contributed by atoms with Gasteiger partial charge in [-0.05, 0) is 77.7 Å². The monoisotopic (exact) mass is 580 g/mol. The van der Waals surface area contributed by atoms with E-state index in [4.69, 9.17) is 5.73 Å². The molecular weight excluding hydrogens is 557 g/mol. The van der Waals surface area contributed by atoms with Gasteiger partial charge in [0.25, 0.3) is 5.91 Å². The Morgan fingerprint density at radius 1 is 1.24 bits per heavy atom. The van der Waals surface area contributed by atoms with Gasteiger partial charge in [-0.15, -0.1) is 0 Å². The van der Waals surface area contributed by atoms with Gasteiger partial charge in [0.05, 0.1) is 36.2 Å². The summed E-state index contributed by atoms with van der Waals surface area (Å²) in [6, 6.07) is 7.22. The minimum Gasteiger partial charge on any atom is -0.394 e. The molecule has 3 aromatic rings. The normalized spacial score (nSPS) is 18.6. The van der Waals surface area contributed by atoms with Crippen LogP contribution in [0, 0.1) is 15.2 Å². The van der Waals surface area contributed by atoms with Gasteiger partial charge < -0.3 is 21.3 Å². The number of nitrogens with one attached hydrogen (secondary N) is 1. The van der Waals surface area contributed by atoms with Crippen LogP contribution in [0.3, 0.4) is 0 Å². The number of aliphatic hydroxyl groups excluding tert-OH is 2. The fourth-order valence-electron chi connectivity index (χ4n) is 4.14. The molecule has 4 rings (SSSR count). The first-order valence-electron chi connectivity index (χ1n) is 10.7. The van der Waals surface area contributed by atoms with Crippen molar-refractivity contribution in [2.24, 2.45) is 0 Å². The van der Waals surface area contributed by atoms with Crippen LogP contribution in [-0.4, -0.2) is 38.8 Å². The summed E-state index contributed by atoms with van der Waals surface area (Å²) < 4.78 is 29.3. The topological polar surface area (TPSA) is 121 Å². The fourth-order valence-corrected chi connectivity index (χ4v) is 4.80. The van der Waals surface area contributed by atoms with E-state index in [1.54, 1.807) is 12.3 Å². The van der Waals surface area contributed by atoms with Gasteiger partial charge >= 0.3 is 0 Å². The summed E-state index contributed by atoms with van der Waals surface area (Å²) in [5, 5.41) is 22.0. The molecule has 2 aromatic carbocycles. The summed E-state index contributed by atoms with van der Waals surface area (Å²) in [6.07, 6.45) is 3.25. The summed E-state index contributed by atoms with van der Waals surface area (Å²) in [7, 11) is 0. The number of benzene rings is 2. The van der Waals surface area contributed by atoms with E-state index in [-0.39, 0.29) is 23.4 Å². The predicted molar refractivity (Wildman–Crippen MR) is 131 cm³/mol. The zero-order chi connectivity index (χ0) is 24.4. The molecule has 178 valence electrons. The number of carbonyl (C=O) groups excluding carboxylic acids is 1. The zero-order valence-corrected chi connectivity index (χ0v) is 20.2. The highest BCUT2D eigenvalue weighted by Gasteiger charge is 2.26. The summed E-state index contributed by atoms with van der Waals surface area (Å²) in [6.45, 7) is -0.486. The Morgan fingerprint density at radius 2 is 2.03 bits per heavy atom. The van der Waals surface area contributed by atoms with Crippen molar-refractivity contribution < 1.29 is 23.8 Å². The van der Waals surface area contributed by atoms with Crippen molar-refractivity contribution in [3.05, 3.63) is 74.6 Å². The third-order valence-electron chi connectivity index (χ3n) is 5.90. The number of nitrogen functional groups attached to an aromatic ring is 1. The van der Waals surface area contributed by atoms with E-state index in [1.165, 1.54) is 24.3 Å². The van der Waals surface area contributed by atoms with Crippen molar-refractivity contribution in [3.63, 3.8) is 0 Å². The summed E-state index contributed by atoms with van der Waals surface area (Å²) in [5.41, 5.74) is 7.45. The largest absolute Gasteiger partial charge is 0.394 e. The molecule has 34 heavy (non-hydrogen) atoms. The van der Waals surface area contributed by atoms with Gasteiger partial charge in [-0.1, -0.05) is 6.07 Å². The quantitative estimate of drug-likeness (QED) is 0.330. The predicted octanol–water partition coefficient (Wildman–Crippen LogP) is 3.70. The number of nitrogens with zero attached hydrogens (tertiary/aromatic N) is 2. The van der Waals surface area contributed by atoms with Crippen molar-refractivity contribution in [1.82, 2.24) is 15.3 Å². The number of anilines is 1. The van der Waals surface area contributed by atoms with Gasteiger partial charge in [-0.3, -0.25) is 4.79 Å². The van der Waals surface area contributed by atoms with Gasteiger partial charge in [0.15, 0.2) is 0 Å². The Balaban J connectivity index is 1.57. The molecule has 3 atom stereocenters. The minimum absolute atomic E-state index is 0.0537. The SMILES string of the molecule is Nc1ncc([C@@H]2CC[C@H](O)C2)nc1-c1ccc(C(=O)N[C@H](CO)c2cc(F)cc(I)c2)c(F)c1. The van der Waals surface area contributed by atoms with Crippen LogP contribution >= 0.6 is 22.6 Å². The van der Waals surface area contributed by atoms with Gasteiger partial charge in [0.1, 0.15) is 23.1 Å². The maximum Gasteiger partial charge on any atom is 0.254 e. The molecule has 1 saturated carbocycles. The molecule has 1 amide bonds. The average molecular weight is 580 g/mol. The van der Waals surface area contributed by atoms with E-state index < -0.39 is 30.2 Å². The number of nitrogens with two attached hydrogens (primary N) is 1. The highest BCUT2D eigenvalue weighted by molar-refractivity contribution is 14.1.